The number of benzene rings is 2. The van der Waals surface area contributed by atoms with Gasteiger partial charge in [0.2, 0.25) is 0 Å². The van der Waals surface area contributed by atoms with E-state index in [2.05, 4.69) is 54.0 Å². The highest BCUT2D eigenvalue weighted by atomic mass is 16.5. The van der Waals surface area contributed by atoms with E-state index in [-0.39, 0.29) is 11.9 Å². The third-order valence-electron chi connectivity index (χ3n) is 6.59. The van der Waals surface area contributed by atoms with Gasteiger partial charge in [-0.05, 0) is 61.9 Å². The Kier molecular flexibility index (Phi) is 6.18. The minimum absolute atomic E-state index is 0.0302. The normalized spacial score (nSPS) is 14.3. The van der Waals surface area contributed by atoms with Crippen LogP contribution in [0.25, 0.3) is 11.2 Å². The molecule has 1 aliphatic carbocycles. The molecule has 5 rings (SSSR count). The Morgan fingerprint density at radius 2 is 1.74 bits per heavy atom. The molecule has 0 bridgehead atoms. The zero-order chi connectivity index (χ0) is 23.7. The van der Waals surface area contributed by atoms with Crippen LogP contribution >= 0.6 is 0 Å². The van der Waals surface area contributed by atoms with E-state index >= 15 is 0 Å². The Morgan fingerprint density at radius 1 is 1.03 bits per heavy atom. The Hall–Kier alpha value is -3.47. The van der Waals surface area contributed by atoms with E-state index in [4.69, 9.17) is 14.7 Å². The number of pyridine rings is 1. The number of imidazole rings is 1. The average Bonchev–Trinajstić information content (AvgIpc) is 3.62. The third kappa shape index (κ3) is 4.60. The first-order valence-corrected chi connectivity index (χ1v) is 12.2. The lowest BCUT2D eigenvalue weighted by atomic mass is 9.88. The van der Waals surface area contributed by atoms with Crippen molar-refractivity contribution in [3.63, 3.8) is 0 Å². The predicted octanol–water partition coefficient (Wildman–Crippen LogP) is 6.06. The first kappa shape index (κ1) is 22.3. The van der Waals surface area contributed by atoms with Gasteiger partial charge in [0.05, 0.1) is 19.6 Å². The summed E-state index contributed by atoms with van der Waals surface area (Å²) in [7, 11) is 0. The fraction of sp³-hybridized carbons (Fsp3) is 0.345. The van der Waals surface area contributed by atoms with E-state index in [0.717, 1.165) is 40.4 Å². The molecule has 0 amide bonds. The summed E-state index contributed by atoms with van der Waals surface area (Å²) >= 11 is 0. The lowest BCUT2D eigenvalue weighted by Gasteiger charge is -2.18. The summed E-state index contributed by atoms with van der Waals surface area (Å²) in [5.74, 6) is 1.50. The van der Waals surface area contributed by atoms with Crippen LogP contribution in [-0.2, 0) is 16.1 Å². The van der Waals surface area contributed by atoms with E-state index in [9.17, 15) is 4.79 Å². The number of carbonyl (C=O) groups is 1. The number of aromatic nitrogens is 3. The molecule has 0 spiro atoms. The van der Waals surface area contributed by atoms with Crippen molar-refractivity contribution in [2.24, 2.45) is 0 Å². The second kappa shape index (κ2) is 9.41. The van der Waals surface area contributed by atoms with Crippen LogP contribution in [0.3, 0.4) is 0 Å². The van der Waals surface area contributed by atoms with E-state index in [1.165, 1.54) is 24.0 Å². The van der Waals surface area contributed by atoms with Crippen LogP contribution in [0.15, 0.2) is 60.7 Å². The number of ether oxygens (including phenoxy) is 1. The molecule has 0 radical (unpaired) electrons. The van der Waals surface area contributed by atoms with Crippen molar-refractivity contribution in [3.05, 3.63) is 94.4 Å². The lowest BCUT2D eigenvalue weighted by molar-refractivity contribution is -0.143. The smallest absolute Gasteiger partial charge is 0.306 e. The molecule has 1 fully saturated rings. The van der Waals surface area contributed by atoms with E-state index in [1.54, 1.807) is 0 Å². The van der Waals surface area contributed by atoms with Crippen molar-refractivity contribution >= 4 is 17.1 Å². The first-order valence-electron chi connectivity index (χ1n) is 12.2. The molecule has 2 aromatic carbocycles. The van der Waals surface area contributed by atoms with Crippen molar-refractivity contribution in [1.82, 2.24) is 14.5 Å². The first-order chi connectivity index (χ1) is 16.5. The minimum Gasteiger partial charge on any atom is -0.466 e. The summed E-state index contributed by atoms with van der Waals surface area (Å²) in [6.07, 6.45) is 2.73. The second-order valence-corrected chi connectivity index (χ2v) is 9.30. The molecule has 1 atom stereocenters. The van der Waals surface area contributed by atoms with E-state index in [0.29, 0.717) is 18.9 Å². The molecule has 2 heterocycles. The Bertz CT molecular complexity index is 1300. The number of hydrogen-bond donors (Lipinski definition) is 0. The molecule has 5 nitrogen and oxygen atoms in total. The number of aryl methyl sites for hydroxylation is 2. The van der Waals surface area contributed by atoms with Crippen molar-refractivity contribution in [3.8, 4) is 0 Å². The lowest BCUT2D eigenvalue weighted by Crippen LogP contribution is -2.12. The van der Waals surface area contributed by atoms with Gasteiger partial charge >= 0.3 is 5.97 Å². The Balaban J connectivity index is 1.46. The fourth-order valence-corrected chi connectivity index (χ4v) is 4.77. The summed E-state index contributed by atoms with van der Waals surface area (Å²) in [5.41, 5.74) is 7.64. The highest BCUT2D eigenvalue weighted by Crippen LogP contribution is 2.41. The van der Waals surface area contributed by atoms with E-state index < -0.39 is 0 Å². The van der Waals surface area contributed by atoms with Crippen LogP contribution in [0.4, 0.5) is 0 Å². The minimum atomic E-state index is -0.170. The van der Waals surface area contributed by atoms with Gasteiger partial charge in [0, 0.05) is 17.5 Å². The Labute approximate surface area is 200 Å². The van der Waals surface area contributed by atoms with Gasteiger partial charge in [-0.2, -0.15) is 0 Å². The van der Waals surface area contributed by atoms with Gasteiger partial charge in [-0.1, -0.05) is 54.6 Å². The number of esters is 1. The number of nitrogens with zero attached hydrogens (tertiary/aromatic N) is 3. The van der Waals surface area contributed by atoms with Gasteiger partial charge in [0.1, 0.15) is 11.3 Å². The van der Waals surface area contributed by atoms with E-state index in [1.807, 2.05) is 32.0 Å². The number of rotatable bonds is 8. The van der Waals surface area contributed by atoms with Gasteiger partial charge < -0.3 is 9.30 Å². The highest BCUT2D eigenvalue weighted by molar-refractivity contribution is 5.76. The molecular weight excluding hydrogens is 422 g/mol. The molecule has 0 N–H and O–H groups in total. The second-order valence-electron chi connectivity index (χ2n) is 9.30. The van der Waals surface area contributed by atoms with Crippen molar-refractivity contribution < 1.29 is 9.53 Å². The van der Waals surface area contributed by atoms with Crippen LogP contribution in [0.1, 0.15) is 71.8 Å². The van der Waals surface area contributed by atoms with Crippen molar-refractivity contribution in [2.75, 3.05) is 6.61 Å². The number of hydrogen-bond acceptors (Lipinski definition) is 4. The quantitative estimate of drug-likeness (QED) is 0.304. The summed E-state index contributed by atoms with van der Waals surface area (Å²) in [5, 5.41) is 0. The predicted molar refractivity (Wildman–Crippen MR) is 134 cm³/mol. The van der Waals surface area contributed by atoms with Crippen molar-refractivity contribution in [2.45, 2.75) is 58.4 Å². The molecule has 174 valence electrons. The molecule has 0 aliphatic heterocycles. The van der Waals surface area contributed by atoms with Crippen LogP contribution in [0.2, 0.25) is 0 Å². The molecule has 1 saturated carbocycles. The van der Waals surface area contributed by atoms with Crippen molar-refractivity contribution in [1.29, 1.82) is 0 Å². The van der Waals surface area contributed by atoms with Crippen LogP contribution in [0.5, 0.6) is 0 Å². The summed E-state index contributed by atoms with van der Waals surface area (Å²) < 4.78 is 7.56. The fourth-order valence-electron chi connectivity index (χ4n) is 4.77. The number of fused-ring (bicyclic) bond motifs is 1. The SMILES string of the molecule is CCOC(=O)CC(c1ccccc1)c1ccc(Cn2c(C3CC3)nc3c(C)cc(C)nc32)cc1. The molecule has 1 aliphatic rings. The maximum atomic E-state index is 12.3. The van der Waals surface area contributed by atoms with Gasteiger partial charge in [0.15, 0.2) is 5.65 Å². The maximum absolute atomic E-state index is 12.3. The van der Waals surface area contributed by atoms with Gasteiger partial charge in [-0.15, -0.1) is 0 Å². The molecule has 1 unspecified atom stereocenters. The summed E-state index contributed by atoms with van der Waals surface area (Å²) in [4.78, 5) is 22.2. The van der Waals surface area contributed by atoms with Crippen LogP contribution in [0, 0.1) is 13.8 Å². The summed E-state index contributed by atoms with van der Waals surface area (Å²) in [6, 6.07) is 20.9. The monoisotopic (exact) mass is 453 g/mol. The third-order valence-corrected chi connectivity index (χ3v) is 6.59. The molecular formula is C29H31N3O2. The summed E-state index contributed by atoms with van der Waals surface area (Å²) in [6.45, 7) is 7.15. The zero-order valence-electron chi connectivity index (χ0n) is 20.1. The largest absolute Gasteiger partial charge is 0.466 e. The maximum Gasteiger partial charge on any atom is 0.306 e. The van der Waals surface area contributed by atoms with Gasteiger partial charge in [-0.3, -0.25) is 4.79 Å². The van der Waals surface area contributed by atoms with Gasteiger partial charge in [0.25, 0.3) is 0 Å². The Morgan fingerprint density at radius 3 is 2.41 bits per heavy atom. The molecule has 0 saturated heterocycles. The topological polar surface area (TPSA) is 57.0 Å². The highest BCUT2D eigenvalue weighted by Gasteiger charge is 2.30. The number of carbonyl (C=O) groups excluding carboxylic acids is 1. The average molecular weight is 454 g/mol. The van der Waals surface area contributed by atoms with Crippen LogP contribution in [-0.4, -0.2) is 27.1 Å². The molecule has 5 heteroatoms. The van der Waals surface area contributed by atoms with Crippen LogP contribution < -0.4 is 0 Å². The standard InChI is InChI=1S/C29H31N3O2/c1-4-34-26(33)17-25(22-8-6-5-7-9-22)23-12-10-21(11-13-23)18-32-28(24-14-15-24)31-27-19(2)16-20(3)30-29(27)32/h5-13,16,24-25H,4,14-15,17-18H2,1-3H3. The molecule has 2 aromatic heterocycles. The molecule has 34 heavy (non-hydrogen) atoms. The molecule has 4 aromatic rings. The van der Waals surface area contributed by atoms with Gasteiger partial charge in [-0.25, -0.2) is 9.97 Å². The zero-order valence-corrected chi connectivity index (χ0v) is 20.1.